The van der Waals surface area contributed by atoms with Crippen molar-refractivity contribution in [2.45, 2.75) is 32.1 Å². The van der Waals surface area contributed by atoms with E-state index in [-0.39, 0.29) is 71.2 Å². The average Bonchev–Trinajstić information content (AvgIpc) is 3.36. The zero-order valence-electron chi connectivity index (χ0n) is 38.1. The number of carbonyl (C=O) groups is 6. The summed E-state index contributed by atoms with van der Waals surface area (Å²) in [6.45, 7) is 0. The van der Waals surface area contributed by atoms with E-state index in [1.807, 2.05) is 0 Å². The third-order valence-electron chi connectivity index (χ3n) is 10.2. The fourth-order valence-electron chi connectivity index (χ4n) is 6.61. The zero-order chi connectivity index (χ0) is 50.9. The summed E-state index contributed by atoms with van der Waals surface area (Å²) in [5.41, 5.74) is 3.12. The summed E-state index contributed by atoms with van der Waals surface area (Å²) in [6, 6.07) is 30.9. The van der Waals surface area contributed by atoms with Crippen LogP contribution in [0.5, 0.6) is 34.5 Å². The number of benzene rings is 6. The van der Waals surface area contributed by atoms with Crippen LogP contribution in [-0.4, -0.2) is 70.1 Å². The lowest BCUT2D eigenvalue weighted by atomic mass is 10.1. The maximum atomic E-state index is 12.9. The second-order valence-corrected chi connectivity index (χ2v) is 15.2. The molecule has 0 aliphatic heterocycles. The van der Waals surface area contributed by atoms with E-state index in [0.29, 0.717) is 33.6 Å². The van der Waals surface area contributed by atoms with E-state index in [4.69, 9.17) is 18.9 Å². The first-order valence-corrected chi connectivity index (χ1v) is 21.5. The summed E-state index contributed by atoms with van der Waals surface area (Å²) < 4.78 is 22.0. The van der Waals surface area contributed by atoms with Crippen molar-refractivity contribution in [2.75, 3.05) is 14.2 Å². The van der Waals surface area contributed by atoms with E-state index in [2.05, 4.69) is 20.5 Å². The molecule has 71 heavy (non-hydrogen) atoms. The number of aromatic hydroxyl groups is 2. The largest absolute Gasteiger partial charge is 0.507 e. The maximum Gasteiger partial charge on any atom is 0.339 e. The SMILES string of the molecule is COc1cc(/C=C/C(=O)CC(=O)/C=C/c2ccc(OC(=O)CCc3ccccc3/N=N/c3ccc(O)c(C(=O)O)c3)c(OC)c2)ccc1OC(=O)CCc1ccccc1/N=N/c1ccc(O)c(C(=O)O)c1. The highest BCUT2D eigenvalue weighted by molar-refractivity contribution is 6.11. The Labute approximate surface area is 405 Å². The highest BCUT2D eigenvalue weighted by atomic mass is 16.6. The topological polar surface area (TPSA) is 270 Å². The molecule has 0 saturated carbocycles. The molecule has 0 radical (unpaired) electrons. The van der Waals surface area contributed by atoms with Gasteiger partial charge < -0.3 is 39.4 Å². The molecule has 6 aromatic rings. The summed E-state index contributed by atoms with van der Waals surface area (Å²) in [6.07, 6.45) is 5.47. The second-order valence-electron chi connectivity index (χ2n) is 15.2. The Hall–Kier alpha value is -9.58. The summed E-state index contributed by atoms with van der Waals surface area (Å²) in [5.74, 6) is -4.76. The monoisotopic (exact) mass is 960 g/mol. The quantitative estimate of drug-likeness (QED) is 0.0162. The van der Waals surface area contributed by atoms with Crippen molar-refractivity contribution in [1.29, 1.82) is 0 Å². The predicted octanol–water partition coefficient (Wildman–Crippen LogP) is 10.7. The number of ether oxygens (including phenoxy) is 4. The van der Waals surface area contributed by atoms with Gasteiger partial charge in [-0.3, -0.25) is 19.2 Å². The lowest BCUT2D eigenvalue weighted by molar-refractivity contribution is -0.135. The van der Waals surface area contributed by atoms with Crippen LogP contribution in [0.4, 0.5) is 22.7 Å². The minimum Gasteiger partial charge on any atom is -0.507 e. The maximum absolute atomic E-state index is 12.9. The van der Waals surface area contributed by atoms with Gasteiger partial charge in [0.05, 0.1) is 56.2 Å². The summed E-state index contributed by atoms with van der Waals surface area (Å²) in [5, 5.41) is 54.6. The average molecular weight is 961 g/mol. The molecular formula is C53H44N4O14. The van der Waals surface area contributed by atoms with Crippen LogP contribution in [0.1, 0.15) is 62.2 Å². The number of allylic oxidation sites excluding steroid dienone is 2. The van der Waals surface area contributed by atoms with Crippen molar-refractivity contribution in [3.8, 4) is 34.5 Å². The number of ketones is 2. The van der Waals surface area contributed by atoms with E-state index in [1.165, 1.54) is 87.1 Å². The van der Waals surface area contributed by atoms with Crippen LogP contribution < -0.4 is 18.9 Å². The minimum atomic E-state index is -1.31. The van der Waals surface area contributed by atoms with E-state index in [9.17, 15) is 49.2 Å². The Morgan fingerprint density at radius 2 is 0.901 bits per heavy atom. The molecule has 0 aromatic heterocycles. The number of hydrogen-bond donors (Lipinski definition) is 4. The lowest BCUT2D eigenvalue weighted by Crippen LogP contribution is -2.10. The molecule has 0 heterocycles. The van der Waals surface area contributed by atoms with Crippen molar-refractivity contribution >= 4 is 70.3 Å². The van der Waals surface area contributed by atoms with Crippen LogP contribution >= 0.6 is 0 Å². The Balaban J connectivity index is 0.970. The van der Waals surface area contributed by atoms with Gasteiger partial charge in [0.15, 0.2) is 34.6 Å². The van der Waals surface area contributed by atoms with Crippen LogP contribution in [0.25, 0.3) is 12.2 Å². The van der Waals surface area contributed by atoms with Crippen LogP contribution in [0.3, 0.4) is 0 Å². The number of aromatic carboxylic acids is 2. The van der Waals surface area contributed by atoms with E-state index in [0.717, 1.165) is 0 Å². The smallest absolute Gasteiger partial charge is 0.339 e. The van der Waals surface area contributed by atoms with Crippen LogP contribution in [-0.2, 0) is 32.0 Å². The number of methoxy groups -OCH3 is 2. The molecule has 0 unspecified atom stereocenters. The number of carboxylic acids is 2. The highest BCUT2D eigenvalue weighted by Crippen LogP contribution is 2.33. The summed E-state index contributed by atoms with van der Waals surface area (Å²) >= 11 is 0. The number of carboxylic acid groups (broad SMARTS) is 2. The molecule has 18 heteroatoms. The van der Waals surface area contributed by atoms with Gasteiger partial charge in [0.25, 0.3) is 0 Å². The fraction of sp³-hybridized carbons (Fsp3) is 0.132. The molecule has 360 valence electrons. The molecule has 0 amide bonds. The van der Waals surface area contributed by atoms with Crippen molar-refractivity contribution in [1.82, 2.24) is 0 Å². The number of aryl methyl sites for hydroxylation is 2. The van der Waals surface area contributed by atoms with Gasteiger partial charge in [0.2, 0.25) is 0 Å². The third kappa shape index (κ3) is 14.7. The van der Waals surface area contributed by atoms with Gasteiger partial charge >= 0.3 is 23.9 Å². The van der Waals surface area contributed by atoms with Crippen LogP contribution in [0.15, 0.2) is 154 Å². The van der Waals surface area contributed by atoms with E-state index >= 15 is 0 Å². The Morgan fingerprint density at radius 3 is 1.30 bits per heavy atom. The first-order chi connectivity index (χ1) is 34.2. The Bertz CT molecular complexity index is 2920. The van der Waals surface area contributed by atoms with Crippen molar-refractivity contribution < 1.29 is 68.1 Å². The van der Waals surface area contributed by atoms with Crippen molar-refractivity contribution in [3.63, 3.8) is 0 Å². The van der Waals surface area contributed by atoms with Gasteiger partial charge in [0, 0.05) is 0 Å². The van der Waals surface area contributed by atoms with Gasteiger partial charge in [-0.05, 0) is 120 Å². The van der Waals surface area contributed by atoms with Gasteiger partial charge in [-0.1, -0.05) is 60.7 Å². The van der Waals surface area contributed by atoms with Gasteiger partial charge in [0.1, 0.15) is 22.6 Å². The predicted molar refractivity (Wildman–Crippen MR) is 258 cm³/mol. The molecule has 0 aliphatic carbocycles. The van der Waals surface area contributed by atoms with Gasteiger partial charge in [-0.2, -0.15) is 20.5 Å². The number of esters is 2. The zero-order valence-corrected chi connectivity index (χ0v) is 38.1. The van der Waals surface area contributed by atoms with Crippen LogP contribution in [0, 0.1) is 0 Å². The molecule has 18 nitrogen and oxygen atoms in total. The first kappa shape index (κ1) is 50.8. The number of azo groups is 2. The Kier molecular flexibility index (Phi) is 17.5. The lowest BCUT2D eigenvalue weighted by Gasteiger charge is -2.10. The van der Waals surface area contributed by atoms with Gasteiger partial charge in [-0.25, -0.2) is 9.59 Å². The highest BCUT2D eigenvalue weighted by Gasteiger charge is 2.16. The molecule has 0 atom stereocenters. The summed E-state index contributed by atoms with van der Waals surface area (Å²) in [4.78, 5) is 74.0. The standard InChI is InChI=1S/C53H44N4O14/c1-68-48-27-32(13-23-46(48)70-50(62)25-15-34-7-3-5-9-42(34)56-54-36-17-21-44(60)40(29-36)52(64)65)11-19-38(58)31-39(59)20-12-33-14-24-47(49(28-33)69-2)71-51(63)26-16-35-8-4-6-10-43(35)57-55-37-18-22-45(61)41(30-37)53(66)67/h3-14,17-24,27-30,60-61H,15-16,25-26,31H2,1-2H3,(H,64,65)(H,66,67)/b19-11+,20-12+,56-54+,57-55+. The third-order valence-corrected chi connectivity index (χ3v) is 10.2. The van der Waals surface area contributed by atoms with E-state index in [1.54, 1.807) is 72.8 Å². The molecule has 6 rings (SSSR count). The molecular weight excluding hydrogens is 917 g/mol. The number of phenols is 2. The molecule has 0 bridgehead atoms. The number of hydrogen-bond acceptors (Lipinski definition) is 16. The number of nitrogens with zero attached hydrogens (tertiary/aromatic N) is 4. The molecule has 4 N–H and O–H groups in total. The summed E-state index contributed by atoms with van der Waals surface area (Å²) in [7, 11) is 2.79. The fourth-order valence-corrected chi connectivity index (χ4v) is 6.61. The molecule has 0 saturated heterocycles. The number of carbonyl (C=O) groups excluding carboxylic acids is 4. The number of rotatable bonds is 22. The van der Waals surface area contributed by atoms with Crippen LogP contribution in [0.2, 0.25) is 0 Å². The van der Waals surface area contributed by atoms with Crippen molar-refractivity contribution in [3.05, 3.63) is 167 Å². The molecule has 0 aliphatic rings. The Morgan fingerprint density at radius 1 is 0.493 bits per heavy atom. The molecule has 0 fully saturated rings. The van der Waals surface area contributed by atoms with Crippen molar-refractivity contribution in [2.24, 2.45) is 20.5 Å². The molecule has 0 spiro atoms. The normalized spacial score (nSPS) is 11.3. The minimum absolute atomic E-state index is 0.0351. The second kappa shape index (κ2) is 24.4. The molecule has 6 aromatic carbocycles. The van der Waals surface area contributed by atoms with Gasteiger partial charge in [-0.15, -0.1) is 0 Å². The van der Waals surface area contributed by atoms with E-state index < -0.39 is 53.4 Å². The first-order valence-electron chi connectivity index (χ1n) is 21.5.